The minimum Gasteiger partial charge on any atom is -0.341 e. The summed E-state index contributed by atoms with van der Waals surface area (Å²) in [5.41, 5.74) is 0. The number of alkyl halides is 2. The summed E-state index contributed by atoms with van der Waals surface area (Å²) in [6.45, 7) is 1.61. The van der Waals surface area contributed by atoms with E-state index < -0.39 is 4.33 Å². The van der Waals surface area contributed by atoms with Crippen molar-refractivity contribution < 1.29 is 4.79 Å². The molecule has 15 heavy (non-hydrogen) atoms. The number of nitrogens with zero attached hydrogens (tertiary/aromatic N) is 1. The van der Waals surface area contributed by atoms with E-state index in [0.717, 1.165) is 19.5 Å². The lowest BCUT2D eigenvalue weighted by atomic mass is 10.3. The molecule has 3 nitrogen and oxygen atoms in total. The lowest BCUT2D eigenvalue weighted by Gasteiger charge is -2.16. The molecule has 1 aliphatic carbocycles. The van der Waals surface area contributed by atoms with Gasteiger partial charge in [-0.2, -0.15) is 0 Å². The maximum Gasteiger partial charge on any atom is 0.228 e. The Hall–Kier alpha value is 0.300. The maximum atomic E-state index is 11.8. The number of likely N-dealkylation sites (tertiary alicyclic amines) is 1. The van der Waals surface area contributed by atoms with Crippen LogP contribution in [0.15, 0.2) is 0 Å². The highest BCUT2D eigenvalue weighted by atomic mass is 35.5. The highest BCUT2D eigenvalue weighted by Gasteiger charge is 2.57. The zero-order valence-corrected chi connectivity index (χ0v) is 10.8. The molecule has 0 aromatic rings. The fourth-order valence-corrected chi connectivity index (χ4v) is 2.39. The molecule has 6 heteroatoms. The number of rotatable bonds is 2. The van der Waals surface area contributed by atoms with Crippen LogP contribution in [-0.2, 0) is 4.79 Å². The first-order valence-electron chi connectivity index (χ1n) is 4.88. The third-order valence-corrected chi connectivity index (χ3v) is 3.87. The molecular weight excluding hydrogens is 258 g/mol. The van der Waals surface area contributed by atoms with Gasteiger partial charge in [-0.25, -0.2) is 0 Å². The summed E-state index contributed by atoms with van der Waals surface area (Å²) < 4.78 is -0.783. The Bertz CT molecular complexity index is 260. The molecule has 0 radical (unpaired) electrons. The van der Waals surface area contributed by atoms with E-state index in [1.807, 2.05) is 11.9 Å². The van der Waals surface area contributed by atoms with Crippen LogP contribution in [0.4, 0.5) is 0 Å². The van der Waals surface area contributed by atoms with Gasteiger partial charge in [0.15, 0.2) is 0 Å². The van der Waals surface area contributed by atoms with Crippen molar-refractivity contribution in [2.45, 2.75) is 23.2 Å². The van der Waals surface area contributed by atoms with Crippen molar-refractivity contribution in [2.24, 2.45) is 5.92 Å². The van der Waals surface area contributed by atoms with Gasteiger partial charge in [-0.15, -0.1) is 35.6 Å². The number of carbonyl (C=O) groups excluding carboxylic acids is 1. The Labute approximate surface area is 106 Å². The third kappa shape index (κ3) is 2.70. The topological polar surface area (TPSA) is 32.3 Å². The summed E-state index contributed by atoms with van der Waals surface area (Å²) in [4.78, 5) is 13.7. The number of amides is 1. The van der Waals surface area contributed by atoms with Crippen molar-refractivity contribution in [3.63, 3.8) is 0 Å². The third-order valence-electron chi connectivity index (χ3n) is 3.03. The van der Waals surface area contributed by atoms with Crippen LogP contribution in [0.25, 0.3) is 0 Å². The summed E-state index contributed by atoms with van der Waals surface area (Å²) in [7, 11) is 1.92. The van der Waals surface area contributed by atoms with Gasteiger partial charge in [0.25, 0.3) is 0 Å². The normalized spacial score (nSPS) is 32.3. The molecule has 2 aliphatic rings. The minimum atomic E-state index is -0.783. The highest BCUT2D eigenvalue weighted by Crippen LogP contribution is 2.54. The Morgan fingerprint density at radius 1 is 1.53 bits per heavy atom. The number of carbonyl (C=O) groups is 1. The molecule has 0 spiro atoms. The predicted octanol–water partition coefficient (Wildman–Crippen LogP) is 1.42. The molecule has 1 N–H and O–H groups in total. The van der Waals surface area contributed by atoms with Crippen LogP contribution in [-0.4, -0.2) is 41.3 Å². The summed E-state index contributed by atoms with van der Waals surface area (Å²) in [6, 6.07) is 0.428. The van der Waals surface area contributed by atoms with Crippen molar-refractivity contribution >= 4 is 41.5 Å². The number of nitrogens with one attached hydrogen (secondary N) is 1. The van der Waals surface area contributed by atoms with Crippen LogP contribution in [0.5, 0.6) is 0 Å². The monoisotopic (exact) mass is 272 g/mol. The maximum absolute atomic E-state index is 11.8. The highest BCUT2D eigenvalue weighted by molar-refractivity contribution is 6.52. The first-order valence-corrected chi connectivity index (χ1v) is 5.64. The molecule has 1 saturated heterocycles. The van der Waals surface area contributed by atoms with E-state index in [9.17, 15) is 4.79 Å². The smallest absolute Gasteiger partial charge is 0.228 e. The summed E-state index contributed by atoms with van der Waals surface area (Å²) in [5.74, 6) is -0.0470. The van der Waals surface area contributed by atoms with E-state index >= 15 is 0 Å². The van der Waals surface area contributed by atoms with Gasteiger partial charge < -0.3 is 10.2 Å². The molecule has 0 bridgehead atoms. The zero-order chi connectivity index (χ0) is 10.3. The average Bonchev–Trinajstić information content (AvgIpc) is 2.64. The van der Waals surface area contributed by atoms with Gasteiger partial charge >= 0.3 is 0 Å². The molecule has 1 heterocycles. The van der Waals surface area contributed by atoms with E-state index in [-0.39, 0.29) is 24.2 Å². The Kier molecular flexibility index (Phi) is 4.15. The fraction of sp³-hybridized carbons (Fsp3) is 0.889. The molecule has 2 atom stereocenters. The van der Waals surface area contributed by atoms with Crippen molar-refractivity contribution in [1.29, 1.82) is 0 Å². The van der Waals surface area contributed by atoms with Crippen LogP contribution in [0.1, 0.15) is 12.8 Å². The second-order valence-corrected chi connectivity index (χ2v) is 5.62. The average molecular weight is 274 g/mol. The number of hydrogen-bond acceptors (Lipinski definition) is 2. The molecule has 0 aromatic heterocycles. The predicted molar refractivity (Wildman–Crippen MR) is 63.8 cm³/mol. The molecular formula is C9H15Cl3N2O. The van der Waals surface area contributed by atoms with Crippen LogP contribution >= 0.6 is 35.6 Å². The van der Waals surface area contributed by atoms with Gasteiger partial charge in [-0.1, -0.05) is 0 Å². The number of hydrogen-bond donors (Lipinski definition) is 1. The van der Waals surface area contributed by atoms with Crippen molar-refractivity contribution in [2.75, 3.05) is 20.1 Å². The van der Waals surface area contributed by atoms with E-state index in [4.69, 9.17) is 23.2 Å². The van der Waals surface area contributed by atoms with Crippen LogP contribution in [0.3, 0.4) is 0 Å². The van der Waals surface area contributed by atoms with Gasteiger partial charge in [0, 0.05) is 19.1 Å². The van der Waals surface area contributed by atoms with Gasteiger partial charge in [0.1, 0.15) is 4.33 Å². The fourth-order valence-electron chi connectivity index (χ4n) is 1.90. The summed E-state index contributed by atoms with van der Waals surface area (Å²) in [6.07, 6.45) is 1.63. The van der Waals surface area contributed by atoms with Gasteiger partial charge in [-0.3, -0.25) is 4.79 Å². The molecule has 1 amide bonds. The van der Waals surface area contributed by atoms with E-state index in [1.165, 1.54) is 0 Å². The minimum absolute atomic E-state index is 0. The molecule has 0 aromatic carbocycles. The Morgan fingerprint density at radius 2 is 2.13 bits per heavy atom. The molecule has 88 valence electrons. The van der Waals surface area contributed by atoms with E-state index in [0.29, 0.717) is 12.5 Å². The quantitative estimate of drug-likeness (QED) is 0.772. The van der Waals surface area contributed by atoms with Crippen LogP contribution in [0, 0.1) is 5.92 Å². The van der Waals surface area contributed by atoms with Crippen LogP contribution in [0.2, 0.25) is 0 Å². The lowest BCUT2D eigenvalue weighted by Crippen LogP contribution is -2.35. The lowest BCUT2D eigenvalue weighted by molar-refractivity contribution is -0.131. The largest absolute Gasteiger partial charge is 0.341 e. The Balaban J connectivity index is 0.00000112. The number of likely N-dealkylation sites (N-methyl/N-ethyl adjacent to an activating group) is 1. The Morgan fingerprint density at radius 3 is 2.53 bits per heavy atom. The second-order valence-electron chi connectivity index (χ2n) is 4.08. The second kappa shape index (κ2) is 4.66. The zero-order valence-electron chi connectivity index (χ0n) is 8.50. The molecule has 1 aliphatic heterocycles. The van der Waals surface area contributed by atoms with Crippen molar-refractivity contribution in [3.05, 3.63) is 0 Å². The van der Waals surface area contributed by atoms with Crippen LogP contribution < -0.4 is 5.32 Å². The van der Waals surface area contributed by atoms with Gasteiger partial charge in [-0.05, 0) is 19.9 Å². The van der Waals surface area contributed by atoms with Crippen molar-refractivity contribution in [1.82, 2.24) is 10.2 Å². The summed E-state index contributed by atoms with van der Waals surface area (Å²) in [5, 5.41) is 3.17. The first kappa shape index (κ1) is 13.4. The number of halogens is 3. The SMILES string of the molecule is CNC1CCN(C(=O)C2CC2(Cl)Cl)C1.Cl. The van der Waals surface area contributed by atoms with E-state index in [2.05, 4.69) is 5.32 Å². The molecule has 2 fully saturated rings. The van der Waals surface area contributed by atoms with Gasteiger partial charge in [0.05, 0.1) is 5.92 Å². The standard InChI is InChI=1S/C9H14Cl2N2O.ClH/c1-12-6-2-3-13(5-6)8(14)7-4-9(7,10)11;/h6-7,12H,2-5H2,1H3;1H. The van der Waals surface area contributed by atoms with Crippen molar-refractivity contribution in [3.8, 4) is 0 Å². The summed E-state index contributed by atoms with van der Waals surface area (Å²) >= 11 is 11.7. The first-order chi connectivity index (χ1) is 6.54. The molecule has 2 rings (SSSR count). The van der Waals surface area contributed by atoms with E-state index in [1.54, 1.807) is 0 Å². The molecule has 1 saturated carbocycles. The van der Waals surface area contributed by atoms with Gasteiger partial charge in [0.2, 0.25) is 5.91 Å². The molecule has 2 unspecified atom stereocenters.